The number of hydrogen-bond donors (Lipinski definition) is 2. The Morgan fingerprint density at radius 2 is 2.00 bits per heavy atom. The summed E-state index contributed by atoms with van der Waals surface area (Å²) in [5.41, 5.74) is 8.23. The van der Waals surface area contributed by atoms with Crippen molar-refractivity contribution >= 4 is 17.3 Å². The molecule has 0 saturated carbocycles. The minimum Gasteiger partial charge on any atom is -0.496 e. The first-order chi connectivity index (χ1) is 18.7. The second-order valence-electron chi connectivity index (χ2n) is 9.18. The Bertz CT molecular complexity index is 1460. The zero-order valence-electron chi connectivity index (χ0n) is 21.0. The van der Waals surface area contributed by atoms with Gasteiger partial charge in [0.1, 0.15) is 29.7 Å². The molecule has 0 aliphatic carbocycles. The van der Waals surface area contributed by atoms with Crippen LogP contribution in [0.1, 0.15) is 12.8 Å². The van der Waals surface area contributed by atoms with Crippen LogP contribution in [0, 0.1) is 5.82 Å². The average Bonchev–Trinajstić information content (AvgIpc) is 3.35. The van der Waals surface area contributed by atoms with E-state index in [-0.39, 0.29) is 17.4 Å². The number of methoxy groups -OCH3 is 1. The highest BCUT2D eigenvalue weighted by atomic mass is 19.4. The van der Waals surface area contributed by atoms with E-state index in [1.807, 2.05) is 0 Å². The summed E-state index contributed by atoms with van der Waals surface area (Å²) >= 11 is 0. The van der Waals surface area contributed by atoms with Crippen molar-refractivity contribution in [3.05, 3.63) is 60.9 Å². The first-order valence-electron chi connectivity index (χ1n) is 12.2. The molecule has 1 aliphatic heterocycles. The van der Waals surface area contributed by atoms with Crippen molar-refractivity contribution in [1.29, 1.82) is 0 Å². The summed E-state index contributed by atoms with van der Waals surface area (Å²) in [6.07, 6.45) is 3.18. The number of ether oxygens (including phenoxy) is 1. The Hall–Kier alpha value is -4.26. The summed E-state index contributed by atoms with van der Waals surface area (Å²) in [6.45, 7) is 0.121. The molecule has 1 aromatic carbocycles. The van der Waals surface area contributed by atoms with Gasteiger partial charge in [0.25, 0.3) is 0 Å². The number of nitrogens with zero attached hydrogens (tertiary/aromatic N) is 6. The van der Waals surface area contributed by atoms with Crippen LogP contribution < -0.4 is 20.7 Å². The van der Waals surface area contributed by atoms with E-state index in [1.54, 1.807) is 24.4 Å². The van der Waals surface area contributed by atoms with E-state index in [0.717, 1.165) is 29.8 Å². The second-order valence-corrected chi connectivity index (χ2v) is 9.18. The number of aromatic nitrogens is 5. The molecule has 0 radical (unpaired) electrons. The van der Waals surface area contributed by atoms with Gasteiger partial charge in [-0.25, -0.2) is 19.3 Å². The summed E-state index contributed by atoms with van der Waals surface area (Å²) < 4.78 is 59.4. The maximum atomic E-state index is 14.6. The number of alkyl halides is 3. The zero-order chi connectivity index (χ0) is 27.6. The van der Waals surface area contributed by atoms with Crippen LogP contribution in [0.4, 0.5) is 34.9 Å². The van der Waals surface area contributed by atoms with Gasteiger partial charge < -0.3 is 20.7 Å². The summed E-state index contributed by atoms with van der Waals surface area (Å²) in [4.78, 5) is 15.2. The molecular formula is C26H26F4N8O. The molecule has 3 aromatic heterocycles. The lowest BCUT2D eigenvalue weighted by Gasteiger charge is -2.34. The number of nitrogens with two attached hydrogens (primary N) is 1. The number of rotatable bonds is 7. The molecule has 39 heavy (non-hydrogen) atoms. The summed E-state index contributed by atoms with van der Waals surface area (Å²) in [5.74, 6) is 0.699. The van der Waals surface area contributed by atoms with Gasteiger partial charge in [-0.2, -0.15) is 18.3 Å². The maximum Gasteiger partial charge on any atom is 0.408 e. The maximum absolute atomic E-state index is 14.6. The number of benzene rings is 1. The van der Waals surface area contributed by atoms with Gasteiger partial charge in [0.15, 0.2) is 5.82 Å². The van der Waals surface area contributed by atoms with Gasteiger partial charge in [0.05, 0.1) is 18.9 Å². The van der Waals surface area contributed by atoms with Gasteiger partial charge in [0, 0.05) is 60.6 Å². The van der Waals surface area contributed by atoms with Crippen molar-refractivity contribution in [2.45, 2.75) is 31.6 Å². The molecule has 1 saturated heterocycles. The van der Waals surface area contributed by atoms with Crippen LogP contribution in [0.2, 0.25) is 0 Å². The third kappa shape index (κ3) is 6.08. The highest BCUT2D eigenvalue weighted by Crippen LogP contribution is 2.35. The van der Waals surface area contributed by atoms with Crippen LogP contribution in [0.3, 0.4) is 0 Å². The molecule has 1 aliphatic rings. The van der Waals surface area contributed by atoms with Crippen LogP contribution in [-0.2, 0) is 6.54 Å². The van der Waals surface area contributed by atoms with Gasteiger partial charge in [-0.15, -0.1) is 0 Å². The average molecular weight is 543 g/mol. The van der Waals surface area contributed by atoms with E-state index in [4.69, 9.17) is 10.5 Å². The van der Waals surface area contributed by atoms with Crippen molar-refractivity contribution < 1.29 is 22.3 Å². The number of pyridine rings is 1. The Balaban J connectivity index is 1.48. The molecule has 5 rings (SSSR count). The van der Waals surface area contributed by atoms with Crippen LogP contribution in [0.15, 0.2) is 55.1 Å². The molecule has 13 heteroatoms. The van der Waals surface area contributed by atoms with Gasteiger partial charge in [-0.3, -0.25) is 4.68 Å². The largest absolute Gasteiger partial charge is 0.496 e. The minimum absolute atomic E-state index is 0.0377. The SMILES string of the molecule is COc1cccc(F)c1-c1nccc(Nc2cc(N3CCC[C@@H](N)C3)c(-c3cnn(CC(F)(F)F)c3)cn2)n1. The fourth-order valence-corrected chi connectivity index (χ4v) is 4.57. The van der Waals surface area contributed by atoms with Crippen molar-refractivity contribution in [2.24, 2.45) is 5.73 Å². The predicted octanol–water partition coefficient (Wildman–Crippen LogP) is 4.78. The van der Waals surface area contributed by atoms with Crippen LogP contribution in [0.5, 0.6) is 5.75 Å². The number of anilines is 3. The van der Waals surface area contributed by atoms with Gasteiger partial charge in [0.2, 0.25) is 0 Å². The predicted molar refractivity (Wildman–Crippen MR) is 138 cm³/mol. The van der Waals surface area contributed by atoms with Crippen molar-refractivity contribution in [3.63, 3.8) is 0 Å². The highest BCUT2D eigenvalue weighted by molar-refractivity contribution is 5.80. The molecular weight excluding hydrogens is 516 g/mol. The molecule has 204 valence electrons. The molecule has 0 amide bonds. The Morgan fingerprint density at radius 3 is 2.77 bits per heavy atom. The lowest BCUT2D eigenvalue weighted by Crippen LogP contribution is -2.43. The smallest absolute Gasteiger partial charge is 0.408 e. The standard InChI is InChI=1S/C26H26F4N8O/c1-39-21-6-2-5-19(27)24(21)25-32-8-7-22(36-25)35-23-10-20(37-9-3-4-17(31)14-37)18(12-33-23)16-11-34-38(13-16)15-26(28,29)30/h2,5-8,10-13,17H,3-4,9,14-15,31H2,1H3,(H,32,33,35,36)/t17-/m1/s1. The third-order valence-corrected chi connectivity index (χ3v) is 6.30. The van der Waals surface area contributed by atoms with Gasteiger partial charge >= 0.3 is 6.18 Å². The molecule has 4 aromatic rings. The molecule has 1 fully saturated rings. The van der Waals surface area contributed by atoms with E-state index in [0.29, 0.717) is 35.1 Å². The van der Waals surface area contributed by atoms with Gasteiger partial charge in [-0.05, 0) is 31.0 Å². The monoisotopic (exact) mass is 542 g/mol. The van der Waals surface area contributed by atoms with E-state index in [2.05, 4.69) is 30.3 Å². The Labute approximate surface area is 221 Å². The lowest BCUT2D eigenvalue weighted by atomic mass is 10.0. The molecule has 3 N–H and O–H groups in total. The molecule has 0 bridgehead atoms. The lowest BCUT2D eigenvalue weighted by molar-refractivity contribution is -0.142. The topological polar surface area (TPSA) is 107 Å². The van der Waals surface area contributed by atoms with E-state index < -0.39 is 18.5 Å². The van der Waals surface area contributed by atoms with Crippen LogP contribution >= 0.6 is 0 Å². The highest BCUT2D eigenvalue weighted by Gasteiger charge is 2.29. The minimum atomic E-state index is -4.39. The Kier molecular flexibility index (Phi) is 7.33. The quantitative estimate of drug-likeness (QED) is 0.321. The van der Waals surface area contributed by atoms with Crippen molar-refractivity contribution in [1.82, 2.24) is 24.7 Å². The number of hydrogen-bond acceptors (Lipinski definition) is 8. The molecule has 1 atom stereocenters. The first kappa shape index (κ1) is 26.4. The van der Waals surface area contributed by atoms with E-state index in [9.17, 15) is 17.6 Å². The van der Waals surface area contributed by atoms with E-state index >= 15 is 0 Å². The number of piperidine rings is 1. The van der Waals surface area contributed by atoms with Crippen molar-refractivity contribution in [3.8, 4) is 28.3 Å². The molecule has 0 spiro atoms. The molecule has 4 heterocycles. The first-order valence-corrected chi connectivity index (χ1v) is 12.2. The van der Waals surface area contributed by atoms with Crippen molar-refractivity contribution in [2.75, 3.05) is 30.4 Å². The number of halogens is 4. The summed E-state index contributed by atoms with van der Waals surface area (Å²) in [7, 11) is 1.44. The summed E-state index contributed by atoms with van der Waals surface area (Å²) in [5, 5.41) is 7.00. The van der Waals surface area contributed by atoms with Gasteiger partial charge in [-0.1, -0.05) is 6.07 Å². The Morgan fingerprint density at radius 1 is 1.15 bits per heavy atom. The van der Waals surface area contributed by atoms with E-state index in [1.165, 1.54) is 37.8 Å². The molecule has 9 nitrogen and oxygen atoms in total. The molecule has 0 unspecified atom stereocenters. The van der Waals surface area contributed by atoms with Crippen LogP contribution in [-0.4, -0.2) is 57.1 Å². The number of nitrogens with one attached hydrogen (secondary N) is 1. The summed E-state index contributed by atoms with van der Waals surface area (Å²) in [6, 6.07) is 7.82. The fourth-order valence-electron chi connectivity index (χ4n) is 4.57. The fraction of sp³-hybridized carbons (Fsp3) is 0.308. The second kappa shape index (κ2) is 10.8. The normalized spacial score (nSPS) is 15.8. The third-order valence-electron chi connectivity index (χ3n) is 6.30. The van der Waals surface area contributed by atoms with Crippen LogP contribution in [0.25, 0.3) is 22.5 Å². The zero-order valence-corrected chi connectivity index (χ0v) is 21.0.